The lowest BCUT2D eigenvalue weighted by molar-refractivity contribution is 0.368. The summed E-state index contributed by atoms with van der Waals surface area (Å²) in [5.41, 5.74) is 0.890. The van der Waals surface area contributed by atoms with Crippen LogP contribution in [-0.2, 0) is 6.54 Å². The van der Waals surface area contributed by atoms with Crippen LogP contribution < -0.4 is 19.5 Å². The monoisotopic (exact) mass is 349 g/mol. The van der Waals surface area contributed by atoms with E-state index in [2.05, 4.69) is 23.7 Å². The minimum absolute atomic E-state index is 0.449. The second kappa shape index (κ2) is 11.2. The fourth-order valence-electron chi connectivity index (χ4n) is 2.44. The lowest BCUT2D eigenvalue weighted by atomic mass is 10.1. The molecule has 6 nitrogen and oxygen atoms in total. The van der Waals surface area contributed by atoms with Crippen molar-refractivity contribution in [2.75, 3.05) is 41.5 Å². The van der Waals surface area contributed by atoms with Crippen LogP contribution in [0.1, 0.15) is 25.3 Å². The molecule has 0 aliphatic carbocycles. The van der Waals surface area contributed by atoms with Gasteiger partial charge in [-0.3, -0.25) is 0 Å². The number of ether oxygens (including phenoxy) is 3. The highest BCUT2D eigenvalue weighted by Gasteiger charge is 2.14. The van der Waals surface area contributed by atoms with E-state index in [1.54, 1.807) is 21.3 Å². The molecule has 0 aliphatic heterocycles. The third-order valence-electron chi connectivity index (χ3n) is 3.80. The predicted molar refractivity (Wildman–Crippen MR) is 103 cm³/mol. The maximum Gasteiger partial charge on any atom is 0.193 e. The van der Waals surface area contributed by atoms with Crippen LogP contribution >= 0.6 is 0 Å². The van der Waals surface area contributed by atoms with E-state index in [0.29, 0.717) is 23.8 Å². The third-order valence-corrected chi connectivity index (χ3v) is 3.80. The average molecular weight is 349 g/mol. The van der Waals surface area contributed by atoms with Gasteiger partial charge in [0, 0.05) is 32.3 Å². The zero-order valence-corrected chi connectivity index (χ0v) is 16.1. The van der Waals surface area contributed by atoms with E-state index in [9.17, 15) is 0 Å². The van der Waals surface area contributed by atoms with E-state index in [-0.39, 0.29) is 0 Å². The Hall–Kier alpha value is -2.37. The van der Waals surface area contributed by atoms with Crippen LogP contribution in [0.5, 0.6) is 17.2 Å². The van der Waals surface area contributed by atoms with Gasteiger partial charge in [-0.05, 0) is 19.8 Å². The summed E-state index contributed by atoms with van der Waals surface area (Å²) in [7, 11) is 6.92. The van der Waals surface area contributed by atoms with E-state index in [4.69, 9.17) is 19.2 Å². The van der Waals surface area contributed by atoms with E-state index in [1.807, 2.05) is 25.3 Å². The molecule has 0 atom stereocenters. The molecule has 0 spiro atoms. The normalized spacial score (nSPS) is 11.0. The number of unbranched alkanes of at least 4 members (excludes halogenated alkanes) is 1. The Bertz CT molecular complexity index is 548. The Kier molecular flexibility index (Phi) is 9.29. The van der Waals surface area contributed by atoms with Gasteiger partial charge in [0.1, 0.15) is 17.2 Å². The van der Waals surface area contributed by atoms with Crippen molar-refractivity contribution in [1.82, 2.24) is 10.2 Å². The smallest absolute Gasteiger partial charge is 0.193 e. The highest BCUT2D eigenvalue weighted by atomic mass is 16.5. The van der Waals surface area contributed by atoms with Crippen LogP contribution in [0, 0.1) is 0 Å². The molecule has 0 heterocycles. The fraction of sp³-hybridized carbons (Fsp3) is 0.526. The Balaban J connectivity index is 3.03. The van der Waals surface area contributed by atoms with Gasteiger partial charge in [0.25, 0.3) is 0 Å². The van der Waals surface area contributed by atoms with Gasteiger partial charge in [-0.2, -0.15) is 0 Å². The second-order valence-corrected chi connectivity index (χ2v) is 5.53. The number of rotatable bonds is 10. The molecule has 0 unspecified atom stereocenters. The summed E-state index contributed by atoms with van der Waals surface area (Å²) in [6.07, 6.45) is 3.97. The highest BCUT2D eigenvalue weighted by molar-refractivity contribution is 5.79. The molecule has 0 radical (unpaired) electrons. The number of nitrogens with zero attached hydrogens (tertiary/aromatic N) is 2. The Labute approximate surface area is 151 Å². The number of hydrogen-bond donors (Lipinski definition) is 1. The number of benzene rings is 1. The van der Waals surface area contributed by atoms with Gasteiger partial charge in [0.2, 0.25) is 0 Å². The van der Waals surface area contributed by atoms with Crippen molar-refractivity contribution >= 4 is 5.96 Å². The topological polar surface area (TPSA) is 55.3 Å². The quantitative estimate of drug-likeness (QED) is 0.304. The summed E-state index contributed by atoms with van der Waals surface area (Å²) < 4.78 is 16.3. The van der Waals surface area contributed by atoms with Crippen molar-refractivity contribution in [2.24, 2.45) is 4.99 Å². The average Bonchev–Trinajstić information content (AvgIpc) is 2.64. The Morgan fingerprint density at radius 2 is 1.84 bits per heavy atom. The Morgan fingerprint density at radius 3 is 2.32 bits per heavy atom. The molecule has 0 fully saturated rings. The standard InChI is InChI=1S/C19H31N3O3/c1-7-9-10-11-22(3)19(20-8-2)21-14-16-17(24-5)12-15(23-4)13-18(16)25-6/h7,12-13H,1,8-11,14H2,2-6H3,(H,20,21). The molecule has 25 heavy (non-hydrogen) atoms. The molecule has 0 bridgehead atoms. The summed E-state index contributed by atoms with van der Waals surface area (Å²) in [6, 6.07) is 3.68. The first-order valence-corrected chi connectivity index (χ1v) is 8.50. The maximum absolute atomic E-state index is 5.49. The number of allylic oxidation sites excluding steroid dienone is 1. The predicted octanol–water partition coefficient (Wildman–Crippen LogP) is 3.08. The van der Waals surface area contributed by atoms with Gasteiger partial charge in [0.15, 0.2) is 5.96 Å². The SMILES string of the molecule is C=CCCCN(C)C(=NCc1c(OC)cc(OC)cc1OC)NCC. The number of nitrogens with one attached hydrogen (secondary N) is 1. The molecule has 0 aromatic heterocycles. The van der Waals surface area contributed by atoms with E-state index in [0.717, 1.165) is 37.5 Å². The van der Waals surface area contributed by atoms with Crippen LogP contribution in [0.4, 0.5) is 0 Å². The van der Waals surface area contributed by atoms with Crippen molar-refractivity contribution in [3.8, 4) is 17.2 Å². The van der Waals surface area contributed by atoms with E-state index >= 15 is 0 Å². The highest BCUT2D eigenvalue weighted by Crippen LogP contribution is 2.34. The second-order valence-electron chi connectivity index (χ2n) is 5.53. The molecule has 1 rings (SSSR count). The minimum Gasteiger partial charge on any atom is -0.496 e. The molecule has 0 aliphatic rings. The molecule has 1 aromatic rings. The molecule has 1 aromatic carbocycles. The summed E-state index contributed by atoms with van der Waals surface area (Å²) in [5, 5.41) is 3.32. The van der Waals surface area contributed by atoms with Crippen molar-refractivity contribution in [1.29, 1.82) is 0 Å². The summed E-state index contributed by atoms with van der Waals surface area (Å²) in [6.45, 7) is 7.99. The number of hydrogen-bond acceptors (Lipinski definition) is 4. The molecule has 0 saturated carbocycles. The van der Waals surface area contributed by atoms with Gasteiger partial charge in [-0.15, -0.1) is 6.58 Å². The van der Waals surface area contributed by atoms with E-state index < -0.39 is 0 Å². The molecule has 1 N–H and O–H groups in total. The van der Waals surface area contributed by atoms with Crippen molar-refractivity contribution in [3.05, 3.63) is 30.4 Å². The molecule has 140 valence electrons. The van der Waals surface area contributed by atoms with Gasteiger partial charge in [-0.25, -0.2) is 4.99 Å². The molecule has 6 heteroatoms. The first-order chi connectivity index (χ1) is 12.1. The lowest BCUT2D eigenvalue weighted by Crippen LogP contribution is -2.39. The van der Waals surface area contributed by atoms with Gasteiger partial charge in [0.05, 0.1) is 33.4 Å². The number of aliphatic imine (C=N–C) groups is 1. The summed E-state index contributed by atoms with van der Waals surface area (Å²) >= 11 is 0. The minimum atomic E-state index is 0.449. The fourth-order valence-corrected chi connectivity index (χ4v) is 2.44. The van der Waals surface area contributed by atoms with Gasteiger partial charge < -0.3 is 24.4 Å². The van der Waals surface area contributed by atoms with Crippen LogP contribution in [0.2, 0.25) is 0 Å². The van der Waals surface area contributed by atoms with Crippen LogP contribution in [-0.4, -0.2) is 52.3 Å². The number of methoxy groups -OCH3 is 3. The first kappa shape index (κ1) is 20.7. The van der Waals surface area contributed by atoms with Gasteiger partial charge in [-0.1, -0.05) is 6.08 Å². The van der Waals surface area contributed by atoms with Crippen molar-refractivity contribution < 1.29 is 14.2 Å². The summed E-state index contributed by atoms with van der Waals surface area (Å²) in [4.78, 5) is 6.86. The Morgan fingerprint density at radius 1 is 1.20 bits per heavy atom. The zero-order chi connectivity index (χ0) is 18.7. The first-order valence-electron chi connectivity index (χ1n) is 8.50. The van der Waals surface area contributed by atoms with E-state index in [1.165, 1.54) is 0 Å². The molecule has 0 amide bonds. The van der Waals surface area contributed by atoms with Crippen molar-refractivity contribution in [3.63, 3.8) is 0 Å². The molecular weight excluding hydrogens is 318 g/mol. The number of guanidine groups is 1. The van der Waals surface area contributed by atoms with Crippen LogP contribution in [0.25, 0.3) is 0 Å². The molecule has 0 saturated heterocycles. The van der Waals surface area contributed by atoms with Crippen LogP contribution in [0.15, 0.2) is 29.8 Å². The lowest BCUT2D eigenvalue weighted by Gasteiger charge is -2.22. The largest absolute Gasteiger partial charge is 0.496 e. The van der Waals surface area contributed by atoms with Crippen LogP contribution in [0.3, 0.4) is 0 Å². The van der Waals surface area contributed by atoms with Crippen molar-refractivity contribution in [2.45, 2.75) is 26.3 Å². The third kappa shape index (κ3) is 6.21. The summed E-state index contributed by atoms with van der Waals surface area (Å²) in [5.74, 6) is 2.94. The maximum atomic E-state index is 5.49. The van der Waals surface area contributed by atoms with Gasteiger partial charge >= 0.3 is 0 Å². The zero-order valence-electron chi connectivity index (χ0n) is 16.1. The molecular formula is C19H31N3O3.